The first-order valence-electron chi connectivity index (χ1n) is 18.6. The lowest BCUT2D eigenvalue weighted by Crippen LogP contribution is -2.10. The van der Waals surface area contributed by atoms with Crippen LogP contribution < -0.4 is 4.90 Å². The molecule has 0 bridgehead atoms. The lowest BCUT2D eigenvalue weighted by molar-refractivity contribution is 1.18. The summed E-state index contributed by atoms with van der Waals surface area (Å²) < 4.78 is 2.37. The van der Waals surface area contributed by atoms with Gasteiger partial charge in [-0.25, -0.2) is 0 Å². The van der Waals surface area contributed by atoms with Gasteiger partial charge in [-0.2, -0.15) is 0 Å². The van der Waals surface area contributed by atoms with Gasteiger partial charge in [-0.15, -0.1) is 0 Å². The van der Waals surface area contributed by atoms with E-state index in [-0.39, 0.29) is 0 Å². The number of anilines is 3. The van der Waals surface area contributed by atoms with Crippen molar-refractivity contribution < 1.29 is 0 Å². The fourth-order valence-corrected chi connectivity index (χ4v) is 8.56. The standard InChI is InChI=1S/C52H34N2/c1-3-10-35(11-4-1)36-22-27-44(28-23-36)53(46-32-41-20-18-38-12-9-13-39-19-21-42(33-46)52(41)51(38)39)45-29-24-37(25-30-45)40-26-31-50-48(34-40)47-16-7-8-17-49(47)54(50)43-14-5-2-6-15-43/h1-34H. The van der Waals surface area contributed by atoms with Gasteiger partial charge in [0.25, 0.3) is 0 Å². The van der Waals surface area contributed by atoms with Gasteiger partial charge in [-0.3, -0.25) is 0 Å². The molecule has 2 nitrogen and oxygen atoms in total. The molecule has 0 unspecified atom stereocenters. The van der Waals surface area contributed by atoms with Gasteiger partial charge < -0.3 is 9.47 Å². The lowest BCUT2D eigenvalue weighted by Gasteiger charge is -2.27. The second-order valence-corrected chi connectivity index (χ2v) is 14.2. The van der Waals surface area contributed by atoms with Crippen LogP contribution in [0.5, 0.6) is 0 Å². The van der Waals surface area contributed by atoms with Gasteiger partial charge in [-0.1, -0.05) is 140 Å². The first kappa shape index (κ1) is 30.5. The summed E-state index contributed by atoms with van der Waals surface area (Å²) in [6.45, 7) is 0. The van der Waals surface area contributed by atoms with Gasteiger partial charge in [0.1, 0.15) is 0 Å². The maximum Gasteiger partial charge on any atom is 0.0541 e. The Hall–Kier alpha value is -7.16. The monoisotopic (exact) mass is 686 g/mol. The smallest absolute Gasteiger partial charge is 0.0541 e. The van der Waals surface area contributed by atoms with Crippen LogP contribution in [0.15, 0.2) is 206 Å². The minimum Gasteiger partial charge on any atom is -0.310 e. The molecule has 11 aromatic rings. The van der Waals surface area contributed by atoms with Crippen molar-refractivity contribution in [2.45, 2.75) is 0 Å². The van der Waals surface area contributed by atoms with Crippen LogP contribution in [-0.4, -0.2) is 4.57 Å². The van der Waals surface area contributed by atoms with E-state index in [0.717, 1.165) is 17.1 Å². The topological polar surface area (TPSA) is 8.17 Å². The summed E-state index contributed by atoms with van der Waals surface area (Å²) in [4.78, 5) is 2.39. The van der Waals surface area contributed by atoms with Crippen LogP contribution in [0.3, 0.4) is 0 Å². The third-order valence-electron chi connectivity index (χ3n) is 11.1. The Balaban J connectivity index is 1.04. The van der Waals surface area contributed by atoms with Crippen molar-refractivity contribution in [3.8, 4) is 27.9 Å². The van der Waals surface area contributed by atoms with Crippen molar-refractivity contribution in [1.82, 2.24) is 4.57 Å². The third kappa shape index (κ3) is 4.88. The fraction of sp³-hybridized carbons (Fsp3) is 0. The van der Waals surface area contributed by atoms with E-state index in [9.17, 15) is 0 Å². The van der Waals surface area contributed by atoms with Gasteiger partial charge in [-0.05, 0) is 121 Å². The molecule has 0 N–H and O–H groups in total. The molecule has 10 aromatic carbocycles. The molecule has 11 rings (SSSR count). The number of nitrogens with zero attached hydrogens (tertiary/aromatic N) is 2. The molecule has 0 aliphatic rings. The SMILES string of the molecule is c1ccc(-c2ccc(N(c3ccc(-c4ccc5c(c4)c4ccccc4n5-c4ccccc4)cc3)c3cc4ccc5cccc6ccc(c3)c4c56)cc2)cc1. The number of hydrogen-bond donors (Lipinski definition) is 0. The van der Waals surface area contributed by atoms with Crippen LogP contribution in [0.1, 0.15) is 0 Å². The van der Waals surface area contributed by atoms with Gasteiger partial charge in [0.05, 0.1) is 11.0 Å². The minimum atomic E-state index is 1.11. The van der Waals surface area contributed by atoms with Crippen LogP contribution in [0.2, 0.25) is 0 Å². The second kappa shape index (κ2) is 12.2. The number of fused-ring (bicyclic) bond motifs is 3. The minimum absolute atomic E-state index is 1.11. The van der Waals surface area contributed by atoms with E-state index in [4.69, 9.17) is 0 Å². The molecule has 0 atom stereocenters. The molecule has 0 amide bonds. The Bertz CT molecular complexity index is 3060. The first-order chi connectivity index (χ1) is 26.8. The van der Waals surface area contributed by atoms with Crippen LogP contribution in [0, 0.1) is 0 Å². The van der Waals surface area contributed by atoms with Gasteiger partial charge in [0.2, 0.25) is 0 Å². The molecule has 0 saturated heterocycles. The number of para-hydroxylation sites is 2. The zero-order chi connectivity index (χ0) is 35.6. The van der Waals surface area contributed by atoms with Crippen molar-refractivity contribution in [2.24, 2.45) is 0 Å². The van der Waals surface area contributed by atoms with E-state index in [1.807, 2.05) is 0 Å². The second-order valence-electron chi connectivity index (χ2n) is 14.2. The van der Waals surface area contributed by atoms with Crippen molar-refractivity contribution in [3.63, 3.8) is 0 Å². The maximum absolute atomic E-state index is 2.39. The summed E-state index contributed by atoms with van der Waals surface area (Å²) in [5, 5.41) is 10.2. The van der Waals surface area contributed by atoms with E-state index in [1.165, 1.54) is 82.1 Å². The molecule has 0 aliphatic carbocycles. The predicted octanol–water partition coefficient (Wildman–Crippen LogP) is 14.5. The highest BCUT2D eigenvalue weighted by molar-refractivity contribution is 6.24. The normalized spacial score (nSPS) is 11.7. The van der Waals surface area contributed by atoms with E-state index < -0.39 is 0 Å². The lowest BCUT2D eigenvalue weighted by atomic mass is 9.93. The molecule has 0 aliphatic heterocycles. The van der Waals surface area contributed by atoms with E-state index >= 15 is 0 Å². The quantitative estimate of drug-likeness (QED) is 0.158. The molecule has 252 valence electrons. The summed E-state index contributed by atoms with van der Waals surface area (Å²) in [5.41, 5.74) is 11.8. The summed E-state index contributed by atoms with van der Waals surface area (Å²) in [5.74, 6) is 0. The van der Waals surface area contributed by atoms with E-state index in [2.05, 4.69) is 216 Å². The summed E-state index contributed by atoms with van der Waals surface area (Å²) >= 11 is 0. The summed E-state index contributed by atoms with van der Waals surface area (Å²) in [7, 11) is 0. The number of rotatable bonds is 6. The number of hydrogen-bond acceptors (Lipinski definition) is 1. The van der Waals surface area contributed by atoms with Crippen LogP contribution in [0.25, 0.3) is 82.1 Å². The zero-order valence-corrected chi connectivity index (χ0v) is 29.5. The Labute approximate surface area is 313 Å². The van der Waals surface area contributed by atoms with Crippen molar-refractivity contribution in [3.05, 3.63) is 206 Å². The Kier molecular flexibility index (Phi) is 6.90. The highest BCUT2D eigenvalue weighted by Gasteiger charge is 2.18. The Morgan fingerprint density at radius 2 is 0.796 bits per heavy atom. The third-order valence-corrected chi connectivity index (χ3v) is 11.1. The van der Waals surface area contributed by atoms with Crippen molar-refractivity contribution in [2.75, 3.05) is 4.90 Å². The molecule has 2 heteroatoms. The predicted molar refractivity (Wildman–Crippen MR) is 230 cm³/mol. The maximum atomic E-state index is 2.39. The Morgan fingerprint density at radius 1 is 0.296 bits per heavy atom. The molecular formula is C52H34N2. The highest BCUT2D eigenvalue weighted by Crippen LogP contribution is 2.43. The first-order valence-corrected chi connectivity index (χ1v) is 18.6. The Morgan fingerprint density at radius 3 is 1.46 bits per heavy atom. The van der Waals surface area contributed by atoms with E-state index in [1.54, 1.807) is 0 Å². The highest BCUT2D eigenvalue weighted by atomic mass is 15.1. The van der Waals surface area contributed by atoms with Crippen LogP contribution in [-0.2, 0) is 0 Å². The molecule has 0 spiro atoms. The van der Waals surface area contributed by atoms with Crippen molar-refractivity contribution in [1.29, 1.82) is 0 Å². The number of benzene rings is 10. The fourth-order valence-electron chi connectivity index (χ4n) is 8.56. The van der Waals surface area contributed by atoms with Gasteiger partial charge in [0, 0.05) is 33.5 Å². The van der Waals surface area contributed by atoms with Crippen LogP contribution >= 0.6 is 0 Å². The average molecular weight is 687 g/mol. The summed E-state index contributed by atoms with van der Waals surface area (Å²) in [6.07, 6.45) is 0. The molecule has 1 aromatic heterocycles. The molecule has 0 radical (unpaired) electrons. The molecule has 0 fully saturated rings. The summed E-state index contributed by atoms with van der Waals surface area (Å²) in [6, 6.07) is 75.2. The average Bonchev–Trinajstić information content (AvgIpc) is 3.58. The van der Waals surface area contributed by atoms with E-state index in [0.29, 0.717) is 0 Å². The molecule has 0 saturated carbocycles. The van der Waals surface area contributed by atoms with Gasteiger partial charge >= 0.3 is 0 Å². The number of aromatic nitrogens is 1. The largest absolute Gasteiger partial charge is 0.310 e. The van der Waals surface area contributed by atoms with Crippen LogP contribution in [0.4, 0.5) is 17.1 Å². The molecule has 54 heavy (non-hydrogen) atoms. The molecule has 1 heterocycles. The zero-order valence-electron chi connectivity index (χ0n) is 29.5. The molecular weight excluding hydrogens is 653 g/mol. The van der Waals surface area contributed by atoms with Gasteiger partial charge in [0.15, 0.2) is 0 Å². The van der Waals surface area contributed by atoms with Crippen molar-refractivity contribution >= 4 is 71.2 Å².